The van der Waals surface area contributed by atoms with Gasteiger partial charge in [0.15, 0.2) is 0 Å². The number of hydrogen-bond donors (Lipinski definition) is 1. The minimum Gasteiger partial charge on any atom is -0.501 e. The highest BCUT2D eigenvalue weighted by Crippen LogP contribution is 2.18. The monoisotopic (exact) mass is 185 g/mol. The second-order valence-electron chi connectivity index (χ2n) is 3.37. The Bertz CT molecular complexity index is 180. The SMILES string of the molecule is CNC(C1=COCCC1)C(C)OC. The average molecular weight is 185 g/mol. The van der Waals surface area contributed by atoms with Crippen molar-refractivity contribution in [1.82, 2.24) is 5.32 Å². The maximum Gasteiger partial charge on any atom is 0.0876 e. The highest BCUT2D eigenvalue weighted by Gasteiger charge is 2.21. The Hall–Kier alpha value is -0.540. The van der Waals surface area contributed by atoms with Crippen LogP contribution in [0.15, 0.2) is 11.8 Å². The fourth-order valence-corrected chi connectivity index (χ4v) is 1.67. The Morgan fingerprint density at radius 3 is 2.85 bits per heavy atom. The quantitative estimate of drug-likeness (QED) is 0.716. The van der Waals surface area contributed by atoms with Gasteiger partial charge in [-0.05, 0) is 32.4 Å². The van der Waals surface area contributed by atoms with E-state index in [1.54, 1.807) is 7.11 Å². The summed E-state index contributed by atoms with van der Waals surface area (Å²) in [7, 11) is 3.69. The van der Waals surface area contributed by atoms with Crippen molar-refractivity contribution in [3.8, 4) is 0 Å². The number of rotatable bonds is 4. The van der Waals surface area contributed by atoms with Crippen molar-refractivity contribution >= 4 is 0 Å². The van der Waals surface area contributed by atoms with Crippen LogP contribution in [0.4, 0.5) is 0 Å². The molecule has 0 aromatic rings. The predicted octanol–water partition coefficient (Wildman–Crippen LogP) is 1.30. The summed E-state index contributed by atoms with van der Waals surface area (Å²) in [6.45, 7) is 2.91. The first-order chi connectivity index (χ1) is 6.29. The van der Waals surface area contributed by atoms with Crippen molar-refractivity contribution in [2.75, 3.05) is 20.8 Å². The minimum absolute atomic E-state index is 0.193. The molecule has 2 unspecified atom stereocenters. The first-order valence-electron chi connectivity index (χ1n) is 4.80. The fraction of sp³-hybridized carbons (Fsp3) is 0.800. The summed E-state index contributed by atoms with van der Waals surface area (Å²) in [6.07, 6.45) is 4.29. The van der Waals surface area contributed by atoms with Crippen molar-refractivity contribution in [3.05, 3.63) is 11.8 Å². The van der Waals surface area contributed by atoms with Crippen LogP contribution in [0, 0.1) is 0 Å². The number of ether oxygens (including phenoxy) is 2. The van der Waals surface area contributed by atoms with Gasteiger partial charge >= 0.3 is 0 Å². The lowest BCUT2D eigenvalue weighted by Gasteiger charge is -2.27. The molecular formula is C10H19NO2. The van der Waals surface area contributed by atoms with Crippen molar-refractivity contribution in [1.29, 1.82) is 0 Å². The smallest absolute Gasteiger partial charge is 0.0876 e. The maximum absolute atomic E-state index is 5.30. The van der Waals surface area contributed by atoms with Crippen LogP contribution in [0.1, 0.15) is 19.8 Å². The highest BCUT2D eigenvalue weighted by molar-refractivity contribution is 5.11. The summed E-state index contributed by atoms with van der Waals surface area (Å²) in [5, 5.41) is 3.25. The van der Waals surface area contributed by atoms with Crippen LogP contribution in [0.5, 0.6) is 0 Å². The van der Waals surface area contributed by atoms with Gasteiger partial charge in [0.2, 0.25) is 0 Å². The Morgan fingerprint density at radius 1 is 1.62 bits per heavy atom. The lowest BCUT2D eigenvalue weighted by molar-refractivity contribution is 0.0909. The largest absolute Gasteiger partial charge is 0.501 e. The zero-order valence-corrected chi connectivity index (χ0v) is 8.67. The van der Waals surface area contributed by atoms with Gasteiger partial charge in [0.05, 0.1) is 25.0 Å². The molecule has 0 fully saturated rings. The first-order valence-corrected chi connectivity index (χ1v) is 4.80. The molecule has 1 aliphatic rings. The van der Waals surface area contributed by atoms with Crippen molar-refractivity contribution < 1.29 is 9.47 Å². The van der Waals surface area contributed by atoms with Crippen LogP contribution in [0.25, 0.3) is 0 Å². The number of hydrogen-bond acceptors (Lipinski definition) is 3. The van der Waals surface area contributed by atoms with E-state index in [1.807, 2.05) is 13.3 Å². The highest BCUT2D eigenvalue weighted by atomic mass is 16.5. The van der Waals surface area contributed by atoms with E-state index in [1.165, 1.54) is 5.57 Å². The molecule has 13 heavy (non-hydrogen) atoms. The van der Waals surface area contributed by atoms with Gasteiger partial charge in [-0.25, -0.2) is 0 Å². The molecule has 0 saturated heterocycles. The predicted molar refractivity (Wildman–Crippen MR) is 52.6 cm³/mol. The van der Waals surface area contributed by atoms with Crippen molar-refractivity contribution in [2.45, 2.75) is 31.9 Å². The van der Waals surface area contributed by atoms with Gasteiger partial charge in [-0.1, -0.05) is 0 Å². The van der Waals surface area contributed by atoms with Crippen LogP contribution < -0.4 is 5.32 Å². The molecule has 0 aromatic heterocycles. The third kappa shape index (κ3) is 2.71. The van der Waals surface area contributed by atoms with Gasteiger partial charge in [-0.3, -0.25) is 0 Å². The lowest BCUT2D eigenvalue weighted by Crippen LogP contribution is -2.39. The summed E-state index contributed by atoms with van der Waals surface area (Å²) >= 11 is 0. The van der Waals surface area contributed by atoms with Crippen LogP contribution in [0.3, 0.4) is 0 Å². The second-order valence-corrected chi connectivity index (χ2v) is 3.37. The number of likely N-dealkylation sites (N-methyl/N-ethyl adjacent to an activating group) is 1. The van der Waals surface area contributed by atoms with Gasteiger partial charge in [-0.2, -0.15) is 0 Å². The molecule has 0 spiro atoms. The van der Waals surface area contributed by atoms with Gasteiger partial charge in [0.1, 0.15) is 0 Å². The van der Waals surface area contributed by atoms with Crippen molar-refractivity contribution in [3.63, 3.8) is 0 Å². The van der Waals surface area contributed by atoms with E-state index < -0.39 is 0 Å². The third-order valence-electron chi connectivity index (χ3n) is 2.51. The molecule has 1 N–H and O–H groups in total. The minimum atomic E-state index is 0.193. The molecule has 0 bridgehead atoms. The van der Waals surface area contributed by atoms with Crippen LogP contribution in [-0.4, -0.2) is 32.9 Å². The van der Waals surface area contributed by atoms with Crippen LogP contribution in [0.2, 0.25) is 0 Å². The van der Waals surface area contributed by atoms with E-state index in [2.05, 4.69) is 12.2 Å². The van der Waals surface area contributed by atoms with Crippen LogP contribution >= 0.6 is 0 Å². The maximum atomic E-state index is 5.30. The topological polar surface area (TPSA) is 30.5 Å². The molecule has 1 heterocycles. The summed E-state index contributed by atoms with van der Waals surface area (Å²) in [5.74, 6) is 0. The normalized spacial score (nSPS) is 21.6. The van der Waals surface area contributed by atoms with E-state index in [-0.39, 0.29) is 12.1 Å². The summed E-state index contributed by atoms with van der Waals surface area (Å²) < 4.78 is 10.6. The second kappa shape index (κ2) is 5.25. The van der Waals surface area contributed by atoms with Crippen LogP contribution in [-0.2, 0) is 9.47 Å². The van der Waals surface area contributed by atoms with Gasteiger partial charge in [0, 0.05) is 7.11 Å². The van der Waals surface area contributed by atoms with E-state index in [9.17, 15) is 0 Å². The fourth-order valence-electron chi connectivity index (χ4n) is 1.67. The molecule has 2 atom stereocenters. The third-order valence-corrected chi connectivity index (χ3v) is 2.51. The molecule has 76 valence electrons. The molecule has 1 rings (SSSR count). The first kappa shape index (κ1) is 10.5. The molecule has 3 nitrogen and oxygen atoms in total. The molecule has 0 amide bonds. The van der Waals surface area contributed by atoms with E-state index in [0.29, 0.717) is 0 Å². The molecule has 0 aromatic carbocycles. The van der Waals surface area contributed by atoms with Gasteiger partial charge in [-0.15, -0.1) is 0 Å². The molecule has 1 aliphatic heterocycles. The standard InChI is InChI=1S/C10H19NO2/c1-8(12-3)10(11-2)9-5-4-6-13-7-9/h7-8,10-11H,4-6H2,1-3H3. The molecule has 0 saturated carbocycles. The summed E-state index contributed by atoms with van der Waals surface area (Å²) in [5.41, 5.74) is 1.31. The number of methoxy groups -OCH3 is 1. The van der Waals surface area contributed by atoms with Crippen molar-refractivity contribution in [2.24, 2.45) is 0 Å². The average Bonchev–Trinajstić information content (AvgIpc) is 2.20. The Balaban J connectivity index is 2.58. The van der Waals surface area contributed by atoms with E-state index in [0.717, 1.165) is 19.4 Å². The van der Waals surface area contributed by atoms with Gasteiger partial charge in [0.25, 0.3) is 0 Å². The van der Waals surface area contributed by atoms with E-state index in [4.69, 9.17) is 9.47 Å². The Kier molecular flexibility index (Phi) is 4.25. The molecule has 0 aliphatic carbocycles. The zero-order chi connectivity index (χ0) is 9.68. The Morgan fingerprint density at radius 2 is 2.38 bits per heavy atom. The number of nitrogens with one attached hydrogen (secondary N) is 1. The Labute approximate surface area is 80.1 Å². The molecule has 0 radical (unpaired) electrons. The lowest BCUT2D eigenvalue weighted by atomic mass is 9.98. The summed E-state index contributed by atoms with van der Waals surface area (Å²) in [4.78, 5) is 0. The van der Waals surface area contributed by atoms with Gasteiger partial charge < -0.3 is 14.8 Å². The summed E-state index contributed by atoms with van der Waals surface area (Å²) in [6, 6.07) is 0.283. The molecule has 3 heteroatoms. The molecular weight excluding hydrogens is 166 g/mol. The zero-order valence-electron chi connectivity index (χ0n) is 8.67. The van der Waals surface area contributed by atoms with E-state index >= 15 is 0 Å².